The SMILES string of the molecule is CC(C)C(NC(=O)C(CCCN=C(N)N)NC(=O)C(N)CCC(=O)O)C(=O)NC(CC(=O)O)C(=O)O. The molecule has 16 nitrogen and oxygen atoms in total. The molecule has 4 atom stereocenters. The van der Waals surface area contributed by atoms with Crippen LogP contribution in [-0.2, 0) is 28.8 Å². The number of carboxylic acids is 3. The Bertz CT molecular complexity index is 843. The highest BCUT2D eigenvalue weighted by Gasteiger charge is 2.32. The maximum atomic E-state index is 13.0. The lowest BCUT2D eigenvalue weighted by molar-refractivity contribution is -0.147. The number of hydrogen-bond donors (Lipinski definition) is 9. The van der Waals surface area contributed by atoms with Crippen molar-refractivity contribution >= 4 is 41.6 Å². The van der Waals surface area contributed by atoms with Crippen molar-refractivity contribution in [2.75, 3.05) is 6.54 Å². The smallest absolute Gasteiger partial charge is 0.326 e. The summed E-state index contributed by atoms with van der Waals surface area (Å²) in [5.41, 5.74) is 16.2. The van der Waals surface area contributed by atoms with E-state index in [2.05, 4.69) is 20.9 Å². The number of amides is 3. The fourth-order valence-electron chi connectivity index (χ4n) is 2.89. The van der Waals surface area contributed by atoms with Crippen molar-refractivity contribution in [3.8, 4) is 0 Å². The molecular weight excluding hydrogens is 482 g/mol. The molecule has 0 spiro atoms. The van der Waals surface area contributed by atoms with Gasteiger partial charge in [-0.2, -0.15) is 0 Å². The maximum absolute atomic E-state index is 13.0. The number of aliphatic carboxylic acids is 3. The molecule has 0 aromatic rings. The monoisotopic (exact) mass is 517 g/mol. The summed E-state index contributed by atoms with van der Waals surface area (Å²) >= 11 is 0. The number of carboxylic acid groups (broad SMARTS) is 3. The first kappa shape index (κ1) is 32.0. The predicted molar refractivity (Wildman–Crippen MR) is 125 cm³/mol. The molecular formula is C20H35N7O9. The molecule has 0 rings (SSSR count). The summed E-state index contributed by atoms with van der Waals surface area (Å²) in [6.45, 7) is 3.24. The fraction of sp³-hybridized carbons (Fsp3) is 0.650. The van der Waals surface area contributed by atoms with Gasteiger partial charge in [0.05, 0.1) is 12.5 Å². The first-order valence-electron chi connectivity index (χ1n) is 11.0. The molecule has 0 aliphatic heterocycles. The number of nitrogens with two attached hydrogens (primary N) is 3. The number of carbonyl (C=O) groups is 6. The first-order valence-corrected chi connectivity index (χ1v) is 11.0. The number of hydrogen-bond acceptors (Lipinski definition) is 8. The molecule has 3 amide bonds. The van der Waals surface area contributed by atoms with Crippen molar-refractivity contribution in [2.45, 2.75) is 70.1 Å². The summed E-state index contributed by atoms with van der Waals surface area (Å²) in [5.74, 6) is -7.44. The number of nitrogens with one attached hydrogen (secondary N) is 3. The van der Waals surface area contributed by atoms with E-state index in [1.165, 1.54) is 0 Å². The third-order valence-electron chi connectivity index (χ3n) is 4.82. The van der Waals surface area contributed by atoms with Gasteiger partial charge in [0.15, 0.2) is 5.96 Å². The minimum Gasteiger partial charge on any atom is -0.481 e. The summed E-state index contributed by atoms with van der Waals surface area (Å²) in [4.78, 5) is 74.7. The van der Waals surface area contributed by atoms with E-state index in [-0.39, 0.29) is 38.2 Å². The lowest BCUT2D eigenvalue weighted by atomic mass is 10.0. The van der Waals surface area contributed by atoms with Crippen LogP contribution >= 0.6 is 0 Å². The normalized spacial score (nSPS) is 14.0. The predicted octanol–water partition coefficient (Wildman–Crippen LogP) is -3.10. The molecule has 0 radical (unpaired) electrons. The van der Waals surface area contributed by atoms with Crippen LogP contribution in [0.15, 0.2) is 4.99 Å². The van der Waals surface area contributed by atoms with Crippen LogP contribution in [0, 0.1) is 5.92 Å². The van der Waals surface area contributed by atoms with Gasteiger partial charge in [-0.05, 0) is 25.2 Å². The molecule has 0 saturated carbocycles. The Labute approximate surface area is 207 Å². The van der Waals surface area contributed by atoms with Gasteiger partial charge in [-0.15, -0.1) is 0 Å². The van der Waals surface area contributed by atoms with Crippen LogP contribution in [0.2, 0.25) is 0 Å². The highest BCUT2D eigenvalue weighted by molar-refractivity contribution is 5.94. The molecule has 0 bridgehead atoms. The molecule has 0 fully saturated rings. The van der Waals surface area contributed by atoms with E-state index >= 15 is 0 Å². The minimum atomic E-state index is -1.73. The van der Waals surface area contributed by atoms with Crippen molar-refractivity contribution in [2.24, 2.45) is 28.1 Å². The Hall–Kier alpha value is -3.95. The summed E-state index contributed by atoms with van der Waals surface area (Å²) in [5, 5.41) is 33.7. The van der Waals surface area contributed by atoms with Crippen LogP contribution in [0.3, 0.4) is 0 Å². The van der Waals surface area contributed by atoms with E-state index in [4.69, 9.17) is 32.5 Å². The van der Waals surface area contributed by atoms with Gasteiger partial charge in [0.1, 0.15) is 18.1 Å². The fourth-order valence-corrected chi connectivity index (χ4v) is 2.89. The third kappa shape index (κ3) is 13.1. The second-order valence-corrected chi connectivity index (χ2v) is 8.28. The lowest BCUT2D eigenvalue weighted by Gasteiger charge is -2.27. The van der Waals surface area contributed by atoms with Gasteiger partial charge in [-0.3, -0.25) is 29.0 Å². The topological polar surface area (TPSA) is 290 Å². The van der Waals surface area contributed by atoms with Crippen LogP contribution in [-0.4, -0.2) is 87.6 Å². The van der Waals surface area contributed by atoms with E-state index in [0.717, 1.165) is 0 Å². The van der Waals surface area contributed by atoms with Crippen molar-refractivity contribution in [1.82, 2.24) is 16.0 Å². The number of aliphatic imine (C=N–C) groups is 1. The number of carbonyl (C=O) groups excluding carboxylic acids is 3. The largest absolute Gasteiger partial charge is 0.481 e. The zero-order chi connectivity index (χ0) is 28.0. The molecule has 0 saturated heterocycles. The molecule has 12 N–H and O–H groups in total. The quantitative estimate of drug-likeness (QED) is 0.0526. The molecule has 36 heavy (non-hydrogen) atoms. The van der Waals surface area contributed by atoms with Crippen molar-refractivity contribution in [3.05, 3.63) is 0 Å². The van der Waals surface area contributed by atoms with Crippen molar-refractivity contribution in [3.63, 3.8) is 0 Å². The van der Waals surface area contributed by atoms with E-state index in [1.54, 1.807) is 13.8 Å². The molecule has 16 heteroatoms. The summed E-state index contributed by atoms with van der Waals surface area (Å²) in [7, 11) is 0. The highest BCUT2D eigenvalue weighted by Crippen LogP contribution is 2.07. The molecule has 0 aliphatic carbocycles. The van der Waals surface area contributed by atoms with Crippen LogP contribution in [0.1, 0.15) is 46.0 Å². The van der Waals surface area contributed by atoms with Gasteiger partial charge in [0.2, 0.25) is 17.7 Å². The van der Waals surface area contributed by atoms with Crippen molar-refractivity contribution < 1.29 is 44.1 Å². The van der Waals surface area contributed by atoms with E-state index < -0.39 is 72.1 Å². The Morgan fingerprint density at radius 2 is 1.39 bits per heavy atom. The van der Waals surface area contributed by atoms with Gasteiger partial charge < -0.3 is 48.5 Å². The van der Waals surface area contributed by atoms with Gasteiger partial charge in [-0.1, -0.05) is 13.8 Å². The Balaban J connectivity index is 5.55. The highest BCUT2D eigenvalue weighted by atomic mass is 16.4. The zero-order valence-corrected chi connectivity index (χ0v) is 20.1. The number of nitrogens with zero attached hydrogens (tertiary/aromatic N) is 1. The summed E-state index contributed by atoms with van der Waals surface area (Å²) in [6.07, 6.45) is -1.17. The van der Waals surface area contributed by atoms with E-state index in [1.807, 2.05) is 0 Å². The second kappa shape index (κ2) is 15.9. The van der Waals surface area contributed by atoms with Gasteiger partial charge in [0, 0.05) is 13.0 Å². The van der Waals surface area contributed by atoms with Crippen molar-refractivity contribution in [1.29, 1.82) is 0 Å². The molecule has 0 aliphatic rings. The lowest BCUT2D eigenvalue weighted by Crippen LogP contribution is -2.58. The van der Waals surface area contributed by atoms with Crippen LogP contribution in [0.25, 0.3) is 0 Å². The van der Waals surface area contributed by atoms with Crippen LogP contribution < -0.4 is 33.2 Å². The van der Waals surface area contributed by atoms with E-state index in [0.29, 0.717) is 0 Å². The minimum absolute atomic E-state index is 0.0171. The van der Waals surface area contributed by atoms with Crippen LogP contribution in [0.5, 0.6) is 0 Å². The Kier molecular flexibility index (Phi) is 14.1. The van der Waals surface area contributed by atoms with E-state index in [9.17, 15) is 28.8 Å². The average molecular weight is 518 g/mol. The second-order valence-electron chi connectivity index (χ2n) is 8.28. The Morgan fingerprint density at radius 3 is 1.86 bits per heavy atom. The van der Waals surface area contributed by atoms with Gasteiger partial charge in [0.25, 0.3) is 0 Å². The number of rotatable bonds is 17. The third-order valence-corrected chi connectivity index (χ3v) is 4.82. The molecule has 0 aromatic carbocycles. The zero-order valence-electron chi connectivity index (χ0n) is 20.1. The summed E-state index contributed by atoms with van der Waals surface area (Å²) < 4.78 is 0. The molecule has 204 valence electrons. The molecule has 4 unspecified atom stereocenters. The maximum Gasteiger partial charge on any atom is 0.326 e. The van der Waals surface area contributed by atoms with Gasteiger partial charge >= 0.3 is 17.9 Å². The summed E-state index contributed by atoms with van der Waals surface area (Å²) in [6, 6.07) is -5.43. The average Bonchev–Trinajstić information content (AvgIpc) is 2.75. The Morgan fingerprint density at radius 1 is 0.806 bits per heavy atom. The first-order chi connectivity index (χ1) is 16.6. The van der Waals surface area contributed by atoms with Crippen LogP contribution in [0.4, 0.5) is 0 Å². The standard InChI is InChI=1S/C20H35N7O9/c1-9(2)15(18(34)26-12(19(35)36)8-14(30)31)27-17(33)11(4-3-7-24-20(22)23)25-16(32)10(21)5-6-13(28)29/h9-12,15H,3-8,21H2,1-2H3,(H,25,32)(H,26,34)(H,27,33)(H,28,29)(H,30,31)(H,35,36)(H4,22,23,24). The molecule has 0 heterocycles. The molecule has 0 aromatic heterocycles. The van der Waals surface area contributed by atoms with Gasteiger partial charge in [-0.25, -0.2) is 4.79 Å². The number of guanidine groups is 1.